The summed E-state index contributed by atoms with van der Waals surface area (Å²) in [5.41, 5.74) is 3.55. The number of thioether (sulfide) groups is 1. The van der Waals surface area contributed by atoms with Gasteiger partial charge in [-0.25, -0.2) is 0 Å². The number of benzene rings is 2. The lowest BCUT2D eigenvalue weighted by Crippen LogP contribution is -1.89. The van der Waals surface area contributed by atoms with Gasteiger partial charge < -0.3 is 4.74 Å². The van der Waals surface area contributed by atoms with Crippen LogP contribution >= 0.6 is 23.4 Å². The number of halogens is 1. The fourth-order valence-corrected chi connectivity index (χ4v) is 2.57. The minimum atomic E-state index is 0.691. The van der Waals surface area contributed by atoms with Crippen LogP contribution in [0, 0.1) is 0 Å². The molecule has 0 saturated carbocycles. The summed E-state index contributed by atoms with van der Waals surface area (Å²) in [6.45, 7) is 0. The fraction of sp³-hybridized carbons (Fsp3) is 0.200. The van der Waals surface area contributed by atoms with Crippen molar-refractivity contribution in [2.75, 3.05) is 13.4 Å². The minimum Gasteiger partial charge on any atom is -0.496 e. The smallest absolute Gasteiger partial charge is 0.128 e. The SMILES string of the molecule is COc1cc(Cl)ccc1-c1cccc(CSC)c1. The molecule has 0 amide bonds. The number of rotatable bonds is 4. The molecule has 18 heavy (non-hydrogen) atoms. The summed E-state index contributed by atoms with van der Waals surface area (Å²) >= 11 is 7.80. The minimum absolute atomic E-state index is 0.691. The van der Waals surface area contributed by atoms with Crippen LogP contribution in [0.25, 0.3) is 11.1 Å². The van der Waals surface area contributed by atoms with E-state index in [4.69, 9.17) is 16.3 Å². The Morgan fingerprint density at radius 1 is 1.17 bits per heavy atom. The molecule has 2 aromatic rings. The summed E-state index contributed by atoms with van der Waals surface area (Å²) in [7, 11) is 1.67. The van der Waals surface area contributed by atoms with E-state index in [1.807, 2.05) is 30.0 Å². The summed E-state index contributed by atoms with van der Waals surface area (Å²) in [6, 6.07) is 14.2. The van der Waals surface area contributed by atoms with Gasteiger partial charge in [0.25, 0.3) is 0 Å². The monoisotopic (exact) mass is 278 g/mol. The molecule has 0 aliphatic heterocycles. The van der Waals surface area contributed by atoms with Gasteiger partial charge >= 0.3 is 0 Å². The van der Waals surface area contributed by atoms with Crippen LogP contribution in [-0.2, 0) is 5.75 Å². The first-order valence-electron chi connectivity index (χ1n) is 5.66. The standard InChI is InChI=1S/C15H15ClOS/c1-17-15-9-13(16)6-7-14(15)12-5-3-4-11(8-12)10-18-2/h3-9H,10H2,1-2H3. The third kappa shape index (κ3) is 3.01. The molecule has 0 aliphatic carbocycles. The molecule has 0 atom stereocenters. The third-order valence-electron chi connectivity index (χ3n) is 2.71. The first kappa shape index (κ1) is 13.3. The van der Waals surface area contributed by atoms with Crippen molar-refractivity contribution in [2.45, 2.75) is 5.75 Å². The topological polar surface area (TPSA) is 9.23 Å². The second kappa shape index (κ2) is 6.17. The van der Waals surface area contributed by atoms with Crippen molar-refractivity contribution in [1.82, 2.24) is 0 Å². The molecule has 0 spiro atoms. The maximum atomic E-state index is 5.98. The Morgan fingerprint density at radius 2 is 2.00 bits per heavy atom. The summed E-state index contributed by atoms with van der Waals surface area (Å²) in [5.74, 6) is 1.83. The molecule has 0 bridgehead atoms. The molecule has 0 aromatic heterocycles. The van der Waals surface area contributed by atoms with Gasteiger partial charge in [0, 0.05) is 16.3 Å². The van der Waals surface area contributed by atoms with Gasteiger partial charge in [0.1, 0.15) is 5.75 Å². The second-order valence-corrected chi connectivity index (χ2v) is 5.28. The first-order chi connectivity index (χ1) is 8.74. The predicted molar refractivity (Wildman–Crippen MR) is 80.7 cm³/mol. The van der Waals surface area contributed by atoms with Crippen LogP contribution in [0.15, 0.2) is 42.5 Å². The molecule has 2 aromatic carbocycles. The Kier molecular flexibility index (Phi) is 4.56. The maximum Gasteiger partial charge on any atom is 0.128 e. The van der Waals surface area contributed by atoms with E-state index < -0.39 is 0 Å². The molecule has 0 aliphatic rings. The van der Waals surface area contributed by atoms with E-state index in [-0.39, 0.29) is 0 Å². The van der Waals surface area contributed by atoms with Crippen LogP contribution in [0.5, 0.6) is 5.75 Å². The lowest BCUT2D eigenvalue weighted by molar-refractivity contribution is 0.416. The highest BCUT2D eigenvalue weighted by molar-refractivity contribution is 7.97. The molecule has 0 unspecified atom stereocenters. The number of methoxy groups -OCH3 is 1. The highest BCUT2D eigenvalue weighted by Gasteiger charge is 2.07. The Bertz CT molecular complexity index is 540. The van der Waals surface area contributed by atoms with Gasteiger partial charge in [-0.1, -0.05) is 35.9 Å². The van der Waals surface area contributed by atoms with Crippen molar-refractivity contribution in [2.24, 2.45) is 0 Å². The van der Waals surface area contributed by atoms with Crippen molar-refractivity contribution in [3.8, 4) is 16.9 Å². The van der Waals surface area contributed by atoms with Crippen molar-refractivity contribution in [1.29, 1.82) is 0 Å². The van der Waals surface area contributed by atoms with Crippen molar-refractivity contribution in [3.63, 3.8) is 0 Å². The first-order valence-corrected chi connectivity index (χ1v) is 7.43. The van der Waals surface area contributed by atoms with Crippen LogP contribution in [0.2, 0.25) is 5.02 Å². The highest BCUT2D eigenvalue weighted by atomic mass is 35.5. The summed E-state index contributed by atoms with van der Waals surface area (Å²) in [6.07, 6.45) is 2.11. The molecule has 1 nitrogen and oxygen atoms in total. The third-order valence-corrected chi connectivity index (χ3v) is 3.57. The average molecular weight is 279 g/mol. The van der Waals surface area contributed by atoms with Gasteiger partial charge in [0.05, 0.1) is 7.11 Å². The van der Waals surface area contributed by atoms with Gasteiger partial charge in [0.15, 0.2) is 0 Å². The quantitative estimate of drug-likeness (QED) is 0.788. The summed E-state index contributed by atoms with van der Waals surface area (Å²) in [4.78, 5) is 0. The van der Waals surface area contributed by atoms with E-state index in [0.717, 1.165) is 22.6 Å². The molecule has 2 rings (SSSR count). The van der Waals surface area contributed by atoms with Gasteiger partial charge in [-0.2, -0.15) is 11.8 Å². The summed E-state index contributed by atoms with van der Waals surface area (Å²) in [5, 5.41) is 0.691. The zero-order valence-corrected chi connectivity index (χ0v) is 12.0. The Balaban J connectivity index is 2.44. The molecular weight excluding hydrogens is 264 g/mol. The van der Waals surface area contributed by atoms with Crippen LogP contribution in [0.4, 0.5) is 0 Å². The van der Waals surface area contributed by atoms with Crippen LogP contribution in [-0.4, -0.2) is 13.4 Å². The van der Waals surface area contributed by atoms with Gasteiger partial charge in [-0.05, 0) is 35.6 Å². The van der Waals surface area contributed by atoms with Crippen molar-refractivity contribution < 1.29 is 4.74 Å². The van der Waals surface area contributed by atoms with E-state index in [1.165, 1.54) is 5.56 Å². The van der Waals surface area contributed by atoms with Gasteiger partial charge in [0.2, 0.25) is 0 Å². The second-order valence-electron chi connectivity index (χ2n) is 3.98. The number of hydrogen-bond acceptors (Lipinski definition) is 2. The predicted octanol–water partition coefficient (Wildman–Crippen LogP) is 4.88. The van der Waals surface area contributed by atoms with E-state index in [0.29, 0.717) is 5.02 Å². The van der Waals surface area contributed by atoms with Crippen LogP contribution < -0.4 is 4.74 Å². The molecule has 3 heteroatoms. The highest BCUT2D eigenvalue weighted by Crippen LogP contribution is 2.33. The van der Waals surface area contributed by atoms with Gasteiger partial charge in [-0.3, -0.25) is 0 Å². The molecule has 0 heterocycles. The number of hydrogen-bond donors (Lipinski definition) is 0. The van der Waals surface area contributed by atoms with Crippen LogP contribution in [0.1, 0.15) is 5.56 Å². The van der Waals surface area contributed by atoms with Gasteiger partial charge in [-0.15, -0.1) is 0 Å². The summed E-state index contributed by atoms with van der Waals surface area (Å²) < 4.78 is 5.39. The molecule has 0 fully saturated rings. The van der Waals surface area contributed by atoms with Crippen LogP contribution in [0.3, 0.4) is 0 Å². The zero-order chi connectivity index (χ0) is 13.0. The fourth-order valence-electron chi connectivity index (χ4n) is 1.90. The Morgan fingerprint density at radius 3 is 2.72 bits per heavy atom. The van der Waals surface area contributed by atoms with E-state index in [9.17, 15) is 0 Å². The Hall–Kier alpha value is -1.12. The molecule has 0 N–H and O–H groups in total. The van der Waals surface area contributed by atoms with Crippen molar-refractivity contribution >= 4 is 23.4 Å². The van der Waals surface area contributed by atoms with E-state index in [1.54, 1.807) is 7.11 Å². The normalized spacial score (nSPS) is 10.4. The molecule has 0 saturated heterocycles. The average Bonchev–Trinajstić information content (AvgIpc) is 2.39. The maximum absolute atomic E-state index is 5.98. The number of ether oxygens (including phenoxy) is 1. The molecule has 0 radical (unpaired) electrons. The zero-order valence-electron chi connectivity index (χ0n) is 10.4. The molecule has 94 valence electrons. The van der Waals surface area contributed by atoms with E-state index in [2.05, 4.69) is 30.5 Å². The molecular formula is C15H15ClOS. The lowest BCUT2D eigenvalue weighted by atomic mass is 10.0. The van der Waals surface area contributed by atoms with E-state index >= 15 is 0 Å². The van der Waals surface area contributed by atoms with Crippen molar-refractivity contribution in [3.05, 3.63) is 53.1 Å². The Labute approximate surface area is 117 Å². The lowest BCUT2D eigenvalue weighted by Gasteiger charge is -2.10. The largest absolute Gasteiger partial charge is 0.496 e.